The number of fused-ring (bicyclic) bond motifs is 4. The lowest BCUT2D eigenvalue weighted by molar-refractivity contribution is 0.841. The van der Waals surface area contributed by atoms with Gasteiger partial charge in [0.15, 0.2) is 5.65 Å². The Balaban J connectivity index is 1.49. The normalized spacial score (nSPS) is 11.9. The Hall–Kier alpha value is -4.39. The van der Waals surface area contributed by atoms with Crippen molar-refractivity contribution in [2.45, 2.75) is 6.92 Å². The van der Waals surface area contributed by atoms with E-state index >= 15 is 0 Å². The van der Waals surface area contributed by atoms with Crippen LogP contribution in [-0.2, 0) is 0 Å². The molecular formula is C24H17N7. The molecule has 0 saturated carbocycles. The molecule has 3 heterocycles. The van der Waals surface area contributed by atoms with E-state index in [-0.39, 0.29) is 0 Å². The zero-order chi connectivity index (χ0) is 20.8. The number of aromatic nitrogens is 6. The predicted molar refractivity (Wildman–Crippen MR) is 122 cm³/mol. The Labute approximate surface area is 177 Å². The molecule has 0 fully saturated rings. The van der Waals surface area contributed by atoms with Gasteiger partial charge in [-0.1, -0.05) is 29.8 Å². The van der Waals surface area contributed by atoms with Crippen molar-refractivity contribution in [3.63, 3.8) is 0 Å². The van der Waals surface area contributed by atoms with Crippen LogP contribution in [0.4, 0.5) is 5.69 Å². The number of pyridine rings is 1. The van der Waals surface area contributed by atoms with Crippen LogP contribution in [0.2, 0.25) is 0 Å². The first-order chi connectivity index (χ1) is 15.2. The van der Waals surface area contributed by atoms with Gasteiger partial charge >= 0.3 is 0 Å². The second kappa shape index (κ2) is 6.84. The lowest BCUT2D eigenvalue weighted by atomic mass is 10.1. The van der Waals surface area contributed by atoms with Gasteiger partial charge in [-0.25, -0.2) is 4.98 Å². The third kappa shape index (κ3) is 3.03. The minimum Gasteiger partial charge on any atom is -0.338 e. The molecule has 0 spiro atoms. The molecule has 1 N–H and O–H groups in total. The number of H-pyrrole nitrogens is 1. The summed E-state index contributed by atoms with van der Waals surface area (Å²) >= 11 is 0. The first-order valence-corrected chi connectivity index (χ1v) is 9.95. The second-order valence-electron chi connectivity index (χ2n) is 7.48. The Kier molecular flexibility index (Phi) is 3.86. The third-order valence-corrected chi connectivity index (χ3v) is 5.34. The molecule has 0 bridgehead atoms. The molecule has 6 aromatic rings. The first-order valence-electron chi connectivity index (χ1n) is 9.95. The van der Waals surface area contributed by atoms with Gasteiger partial charge in [-0.15, -0.1) is 5.10 Å². The quantitative estimate of drug-likeness (QED) is 0.427. The summed E-state index contributed by atoms with van der Waals surface area (Å²) in [7, 11) is 0. The van der Waals surface area contributed by atoms with Crippen LogP contribution in [0.3, 0.4) is 0 Å². The van der Waals surface area contributed by atoms with Crippen molar-refractivity contribution in [1.29, 1.82) is 0 Å². The molecule has 0 radical (unpaired) electrons. The maximum absolute atomic E-state index is 4.72. The van der Waals surface area contributed by atoms with E-state index in [1.54, 1.807) is 4.52 Å². The molecule has 0 atom stereocenters. The Morgan fingerprint density at radius 2 is 1.84 bits per heavy atom. The number of rotatable bonds is 3. The molecule has 3 aromatic carbocycles. The van der Waals surface area contributed by atoms with Crippen molar-refractivity contribution >= 4 is 39.5 Å². The number of para-hydroxylation sites is 2. The van der Waals surface area contributed by atoms with Gasteiger partial charge in [-0.3, -0.25) is 4.99 Å². The van der Waals surface area contributed by atoms with Crippen molar-refractivity contribution in [3.05, 3.63) is 83.9 Å². The van der Waals surface area contributed by atoms with Gasteiger partial charge in [0.1, 0.15) is 5.82 Å². The highest BCUT2D eigenvalue weighted by atomic mass is 15.5. The van der Waals surface area contributed by atoms with Crippen molar-refractivity contribution in [1.82, 2.24) is 30.0 Å². The molecule has 31 heavy (non-hydrogen) atoms. The number of aryl methyl sites for hydroxylation is 1. The lowest BCUT2D eigenvalue weighted by Gasteiger charge is -2.05. The van der Waals surface area contributed by atoms with Crippen LogP contribution in [0.15, 0.2) is 77.8 Å². The molecule has 148 valence electrons. The highest BCUT2D eigenvalue weighted by Gasteiger charge is 2.11. The third-order valence-electron chi connectivity index (χ3n) is 5.34. The number of hydrogen-bond acceptors (Lipinski definition) is 5. The summed E-state index contributed by atoms with van der Waals surface area (Å²) in [6.07, 6.45) is 1.81. The van der Waals surface area contributed by atoms with E-state index in [2.05, 4.69) is 44.6 Å². The van der Waals surface area contributed by atoms with E-state index in [4.69, 9.17) is 4.98 Å². The van der Waals surface area contributed by atoms with Crippen LogP contribution >= 0.6 is 0 Å². The SMILES string of the molecule is Cc1ccc(N=Cc2cc3cc(-c4nc5ccccc5[nH]4)ccc3n3nnnc23)cc1. The van der Waals surface area contributed by atoms with E-state index in [1.807, 2.05) is 66.9 Å². The number of aliphatic imine (C=N–C) groups is 1. The van der Waals surface area contributed by atoms with Gasteiger partial charge < -0.3 is 4.98 Å². The van der Waals surface area contributed by atoms with E-state index < -0.39 is 0 Å². The molecule has 0 aliphatic heterocycles. The molecule has 3 aromatic heterocycles. The zero-order valence-electron chi connectivity index (χ0n) is 16.7. The maximum Gasteiger partial charge on any atom is 0.188 e. The number of imidazole rings is 1. The average Bonchev–Trinajstić information content (AvgIpc) is 3.46. The molecule has 7 nitrogen and oxygen atoms in total. The molecule has 6 rings (SSSR count). The molecule has 0 aliphatic rings. The summed E-state index contributed by atoms with van der Waals surface area (Å²) in [6, 6.07) is 24.3. The Morgan fingerprint density at radius 3 is 2.71 bits per heavy atom. The molecule has 0 unspecified atom stereocenters. The van der Waals surface area contributed by atoms with Gasteiger partial charge in [0.2, 0.25) is 0 Å². The number of nitrogens with zero attached hydrogens (tertiary/aromatic N) is 6. The summed E-state index contributed by atoms with van der Waals surface area (Å²) in [5.41, 5.74) is 7.47. The Bertz CT molecular complexity index is 1560. The van der Waals surface area contributed by atoms with Gasteiger partial charge in [0.25, 0.3) is 0 Å². The van der Waals surface area contributed by atoms with E-state index in [0.717, 1.165) is 44.6 Å². The van der Waals surface area contributed by atoms with Crippen LogP contribution in [0, 0.1) is 6.92 Å². The van der Waals surface area contributed by atoms with Crippen LogP contribution < -0.4 is 0 Å². The van der Waals surface area contributed by atoms with Crippen molar-refractivity contribution < 1.29 is 0 Å². The number of nitrogens with one attached hydrogen (secondary N) is 1. The summed E-state index contributed by atoms with van der Waals surface area (Å²) in [4.78, 5) is 12.7. The predicted octanol–water partition coefficient (Wildman–Crippen LogP) is 4.88. The summed E-state index contributed by atoms with van der Waals surface area (Å²) in [5.74, 6) is 0.829. The molecule has 0 aliphatic carbocycles. The van der Waals surface area contributed by atoms with Crippen molar-refractivity contribution in [2.24, 2.45) is 4.99 Å². The molecule has 0 amide bonds. The Morgan fingerprint density at radius 1 is 0.968 bits per heavy atom. The van der Waals surface area contributed by atoms with Crippen molar-refractivity contribution in [3.8, 4) is 11.4 Å². The number of benzene rings is 3. The fraction of sp³-hybridized carbons (Fsp3) is 0.0417. The van der Waals surface area contributed by atoms with Crippen LogP contribution in [0.25, 0.3) is 39.0 Å². The van der Waals surface area contributed by atoms with E-state index in [0.29, 0.717) is 5.65 Å². The number of aromatic amines is 1. The molecule has 7 heteroatoms. The van der Waals surface area contributed by atoms with Crippen LogP contribution in [0.5, 0.6) is 0 Å². The maximum atomic E-state index is 4.72. The lowest BCUT2D eigenvalue weighted by Crippen LogP contribution is -1.96. The highest BCUT2D eigenvalue weighted by Crippen LogP contribution is 2.26. The topological polar surface area (TPSA) is 84.1 Å². The smallest absolute Gasteiger partial charge is 0.188 e. The van der Waals surface area contributed by atoms with Crippen LogP contribution in [-0.4, -0.2) is 36.2 Å². The summed E-state index contributed by atoms with van der Waals surface area (Å²) < 4.78 is 1.74. The number of hydrogen-bond donors (Lipinski definition) is 1. The highest BCUT2D eigenvalue weighted by molar-refractivity contribution is 5.97. The number of tetrazole rings is 1. The summed E-state index contributed by atoms with van der Waals surface area (Å²) in [5, 5.41) is 13.3. The average molecular weight is 403 g/mol. The minimum atomic E-state index is 0.667. The van der Waals surface area contributed by atoms with Crippen LogP contribution in [0.1, 0.15) is 11.1 Å². The van der Waals surface area contributed by atoms with Gasteiger partial charge in [0, 0.05) is 22.7 Å². The van der Waals surface area contributed by atoms with E-state index in [9.17, 15) is 0 Å². The molecule has 0 saturated heterocycles. The minimum absolute atomic E-state index is 0.667. The zero-order valence-corrected chi connectivity index (χ0v) is 16.7. The second-order valence-corrected chi connectivity index (χ2v) is 7.48. The van der Waals surface area contributed by atoms with Gasteiger partial charge in [0.05, 0.1) is 22.2 Å². The summed E-state index contributed by atoms with van der Waals surface area (Å²) in [6.45, 7) is 2.06. The first kappa shape index (κ1) is 17.5. The fourth-order valence-corrected chi connectivity index (χ4v) is 3.73. The van der Waals surface area contributed by atoms with E-state index in [1.165, 1.54) is 5.56 Å². The largest absolute Gasteiger partial charge is 0.338 e. The fourth-order valence-electron chi connectivity index (χ4n) is 3.73. The van der Waals surface area contributed by atoms with Gasteiger partial charge in [-0.2, -0.15) is 4.52 Å². The monoisotopic (exact) mass is 403 g/mol. The molecular weight excluding hydrogens is 386 g/mol. The van der Waals surface area contributed by atoms with Gasteiger partial charge in [-0.05, 0) is 65.9 Å². The standard InChI is InChI=1S/C24H17N7/c1-15-6-9-19(10-7-15)25-14-18-13-17-12-16(8-11-22(17)31-24(18)28-29-30-31)23-26-20-4-2-3-5-21(20)27-23/h2-14H,1H3,(H,26,27). The van der Waals surface area contributed by atoms with Crippen molar-refractivity contribution in [2.75, 3.05) is 0 Å².